The summed E-state index contributed by atoms with van der Waals surface area (Å²) in [5.41, 5.74) is 5.31. The van der Waals surface area contributed by atoms with Gasteiger partial charge in [-0.2, -0.15) is 0 Å². The number of primary amides is 1. The average Bonchev–Trinajstić information content (AvgIpc) is 2.33. The number of benzene rings is 1. The maximum Gasteiger partial charge on any atom is 0.292 e. The third-order valence-corrected chi connectivity index (χ3v) is 2.29. The second-order valence-corrected chi connectivity index (χ2v) is 3.76. The third kappa shape index (κ3) is 4.26. The van der Waals surface area contributed by atoms with Crippen LogP contribution in [0.25, 0.3) is 0 Å². The summed E-state index contributed by atoms with van der Waals surface area (Å²) in [5, 5.41) is 16.1. The van der Waals surface area contributed by atoms with Crippen LogP contribution in [0.1, 0.15) is 17.3 Å². The monoisotopic (exact) mass is 266 g/mol. The van der Waals surface area contributed by atoms with Gasteiger partial charge in [-0.25, -0.2) is 0 Å². The molecule has 1 rings (SSSR count). The van der Waals surface area contributed by atoms with Crippen LogP contribution in [0.15, 0.2) is 18.2 Å². The highest BCUT2D eigenvalue weighted by Crippen LogP contribution is 2.25. The highest BCUT2D eigenvalue weighted by Gasteiger charge is 2.15. The fourth-order valence-corrected chi connectivity index (χ4v) is 1.43. The molecular weight excluding hydrogens is 252 g/mol. The van der Waals surface area contributed by atoms with E-state index in [0.717, 1.165) is 0 Å². The van der Waals surface area contributed by atoms with Gasteiger partial charge in [0.15, 0.2) is 0 Å². The molecule has 8 heteroatoms. The maximum atomic E-state index is 11.0. The summed E-state index contributed by atoms with van der Waals surface area (Å²) in [4.78, 5) is 31.9. The first kappa shape index (κ1) is 14.4. The predicted octanol–water partition coefficient (Wildman–Crippen LogP) is 0.242. The Morgan fingerprint density at radius 2 is 2.05 bits per heavy atom. The van der Waals surface area contributed by atoms with Crippen molar-refractivity contribution in [1.29, 1.82) is 0 Å². The van der Waals surface area contributed by atoms with Crippen molar-refractivity contribution in [3.63, 3.8) is 0 Å². The van der Waals surface area contributed by atoms with Crippen LogP contribution >= 0.6 is 0 Å². The Bertz CT molecular complexity index is 515. The van der Waals surface area contributed by atoms with Gasteiger partial charge >= 0.3 is 0 Å². The first-order valence-corrected chi connectivity index (χ1v) is 5.48. The highest BCUT2D eigenvalue weighted by molar-refractivity contribution is 5.94. The lowest BCUT2D eigenvalue weighted by molar-refractivity contribution is -0.384. The predicted molar refractivity (Wildman–Crippen MR) is 68.8 cm³/mol. The zero-order chi connectivity index (χ0) is 14.4. The van der Waals surface area contributed by atoms with Crippen molar-refractivity contribution in [3.05, 3.63) is 33.9 Å². The molecule has 1 aromatic carbocycles. The molecule has 0 radical (unpaired) electrons. The Labute approximate surface area is 109 Å². The molecule has 4 N–H and O–H groups in total. The molecule has 0 aromatic heterocycles. The molecule has 1 aromatic rings. The zero-order valence-electron chi connectivity index (χ0n) is 10.3. The van der Waals surface area contributed by atoms with E-state index >= 15 is 0 Å². The lowest BCUT2D eigenvalue weighted by atomic mass is 10.1. The topological polar surface area (TPSA) is 127 Å². The third-order valence-electron chi connectivity index (χ3n) is 2.29. The van der Waals surface area contributed by atoms with Crippen LogP contribution in [-0.4, -0.2) is 29.8 Å². The van der Waals surface area contributed by atoms with Gasteiger partial charge in [0, 0.05) is 31.6 Å². The van der Waals surface area contributed by atoms with Crippen molar-refractivity contribution in [2.45, 2.75) is 6.92 Å². The summed E-state index contributed by atoms with van der Waals surface area (Å²) in [6.07, 6.45) is 0. The summed E-state index contributed by atoms with van der Waals surface area (Å²) < 4.78 is 0. The van der Waals surface area contributed by atoms with Crippen molar-refractivity contribution in [2.75, 3.05) is 18.4 Å². The second kappa shape index (κ2) is 6.34. The Kier molecular flexibility index (Phi) is 4.81. The van der Waals surface area contributed by atoms with Gasteiger partial charge in [0.05, 0.1) is 4.92 Å². The lowest BCUT2D eigenvalue weighted by Gasteiger charge is -2.08. The molecule has 102 valence electrons. The molecule has 0 aliphatic rings. The number of carbonyl (C=O) groups is 2. The first-order chi connectivity index (χ1) is 8.91. The summed E-state index contributed by atoms with van der Waals surface area (Å²) in [6.45, 7) is 1.98. The number of anilines is 1. The summed E-state index contributed by atoms with van der Waals surface area (Å²) in [7, 11) is 0. The van der Waals surface area contributed by atoms with Gasteiger partial charge in [-0.05, 0) is 12.1 Å². The number of rotatable bonds is 6. The van der Waals surface area contributed by atoms with Crippen molar-refractivity contribution < 1.29 is 14.5 Å². The molecule has 0 saturated heterocycles. The van der Waals surface area contributed by atoms with E-state index in [1.165, 1.54) is 25.1 Å². The van der Waals surface area contributed by atoms with E-state index in [2.05, 4.69) is 10.6 Å². The van der Waals surface area contributed by atoms with Gasteiger partial charge in [0.25, 0.3) is 5.69 Å². The number of hydrogen-bond acceptors (Lipinski definition) is 5. The molecule has 0 aliphatic carbocycles. The van der Waals surface area contributed by atoms with Crippen LogP contribution in [-0.2, 0) is 4.79 Å². The highest BCUT2D eigenvalue weighted by atomic mass is 16.6. The molecule has 0 bridgehead atoms. The Morgan fingerprint density at radius 1 is 1.37 bits per heavy atom. The van der Waals surface area contributed by atoms with E-state index in [4.69, 9.17) is 5.73 Å². The molecule has 0 saturated carbocycles. The number of nitro benzene ring substituents is 1. The minimum absolute atomic E-state index is 0.159. The number of hydrogen-bond donors (Lipinski definition) is 3. The van der Waals surface area contributed by atoms with Gasteiger partial charge in [0.1, 0.15) is 5.69 Å². The molecule has 0 aliphatic heterocycles. The van der Waals surface area contributed by atoms with Crippen LogP contribution in [0.5, 0.6) is 0 Å². The van der Waals surface area contributed by atoms with Crippen molar-refractivity contribution >= 4 is 23.2 Å². The SMILES string of the molecule is CC(=O)NCCNc1cc(C(N)=O)ccc1[N+](=O)[O-]. The molecule has 0 heterocycles. The van der Waals surface area contributed by atoms with Crippen molar-refractivity contribution in [3.8, 4) is 0 Å². The Hall–Kier alpha value is -2.64. The molecule has 2 amide bonds. The zero-order valence-corrected chi connectivity index (χ0v) is 10.3. The number of amides is 2. The van der Waals surface area contributed by atoms with E-state index in [9.17, 15) is 19.7 Å². The van der Waals surface area contributed by atoms with Crippen molar-refractivity contribution in [2.24, 2.45) is 5.73 Å². The van der Waals surface area contributed by atoms with Gasteiger partial charge < -0.3 is 16.4 Å². The van der Waals surface area contributed by atoms with Crippen LogP contribution in [0.4, 0.5) is 11.4 Å². The minimum Gasteiger partial charge on any atom is -0.378 e. The molecular formula is C11H14N4O4. The molecule has 0 unspecified atom stereocenters. The first-order valence-electron chi connectivity index (χ1n) is 5.48. The fraction of sp³-hybridized carbons (Fsp3) is 0.273. The van der Waals surface area contributed by atoms with Crippen LogP contribution in [0.3, 0.4) is 0 Å². The standard InChI is InChI=1S/C11H14N4O4/c1-7(16)13-4-5-14-9-6-8(11(12)17)2-3-10(9)15(18)19/h2-3,6,14H,4-5H2,1H3,(H2,12,17)(H,13,16). The number of carbonyl (C=O) groups excluding carboxylic acids is 2. The van der Waals surface area contributed by atoms with Gasteiger partial charge in [0.2, 0.25) is 11.8 Å². The molecule has 0 spiro atoms. The largest absolute Gasteiger partial charge is 0.378 e. The summed E-state index contributed by atoms with van der Waals surface area (Å²) >= 11 is 0. The van der Waals surface area contributed by atoms with E-state index in [-0.39, 0.29) is 22.8 Å². The van der Waals surface area contributed by atoms with E-state index in [1.807, 2.05) is 0 Å². The smallest absolute Gasteiger partial charge is 0.292 e. The molecule has 8 nitrogen and oxygen atoms in total. The lowest BCUT2D eigenvalue weighted by Crippen LogP contribution is -2.26. The Morgan fingerprint density at radius 3 is 2.58 bits per heavy atom. The molecule has 0 atom stereocenters. The molecule has 0 fully saturated rings. The van der Waals surface area contributed by atoms with Crippen LogP contribution in [0, 0.1) is 10.1 Å². The van der Waals surface area contributed by atoms with Gasteiger partial charge in [-0.3, -0.25) is 19.7 Å². The van der Waals surface area contributed by atoms with Crippen LogP contribution in [0.2, 0.25) is 0 Å². The fourth-order valence-electron chi connectivity index (χ4n) is 1.43. The minimum atomic E-state index is -0.667. The quantitative estimate of drug-likeness (QED) is 0.386. The van der Waals surface area contributed by atoms with E-state index in [1.54, 1.807) is 0 Å². The number of nitrogens with two attached hydrogens (primary N) is 1. The summed E-state index contributed by atoms with van der Waals surface area (Å²) in [6, 6.07) is 3.81. The average molecular weight is 266 g/mol. The number of nitrogens with zero attached hydrogens (tertiary/aromatic N) is 1. The van der Waals surface area contributed by atoms with Gasteiger partial charge in [-0.1, -0.05) is 0 Å². The van der Waals surface area contributed by atoms with E-state index in [0.29, 0.717) is 13.1 Å². The Balaban J connectivity index is 2.82. The number of nitrogens with one attached hydrogen (secondary N) is 2. The normalized spacial score (nSPS) is 9.74. The summed E-state index contributed by atoms with van der Waals surface area (Å²) in [5.74, 6) is -0.859. The van der Waals surface area contributed by atoms with Gasteiger partial charge in [-0.15, -0.1) is 0 Å². The van der Waals surface area contributed by atoms with Crippen LogP contribution < -0.4 is 16.4 Å². The molecule has 19 heavy (non-hydrogen) atoms. The van der Waals surface area contributed by atoms with Crippen molar-refractivity contribution in [1.82, 2.24) is 5.32 Å². The number of nitro groups is 1. The van der Waals surface area contributed by atoms with E-state index < -0.39 is 10.8 Å². The second-order valence-electron chi connectivity index (χ2n) is 3.76. The maximum absolute atomic E-state index is 11.0.